The lowest BCUT2D eigenvalue weighted by atomic mass is 10.2. The molecule has 0 atom stereocenters. The van der Waals surface area contributed by atoms with Crippen LogP contribution in [-0.2, 0) is 11.3 Å². The Balaban J connectivity index is 1.92. The van der Waals surface area contributed by atoms with Gasteiger partial charge in [0.2, 0.25) is 5.91 Å². The number of rotatable bonds is 5. The standard InChI is InChI=1S/C14H22N4O2S/c1-10-11(7-12(21-10)14(20)16-15)8-17(2)9-13(19)18-5-3-4-6-18/h7H,3-6,8-9,15H2,1-2H3,(H,16,20). The van der Waals surface area contributed by atoms with E-state index in [1.54, 1.807) is 0 Å². The van der Waals surface area contributed by atoms with Gasteiger partial charge in [-0.25, -0.2) is 5.84 Å². The number of carbonyl (C=O) groups is 2. The Bertz CT molecular complexity index is 523. The van der Waals surface area contributed by atoms with Crippen LogP contribution in [0, 0.1) is 6.92 Å². The van der Waals surface area contributed by atoms with Crippen LogP contribution < -0.4 is 11.3 Å². The van der Waals surface area contributed by atoms with E-state index in [1.165, 1.54) is 11.3 Å². The molecule has 2 amide bonds. The van der Waals surface area contributed by atoms with Crippen LogP contribution in [0.3, 0.4) is 0 Å². The molecule has 0 aromatic carbocycles. The molecule has 0 spiro atoms. The third kappa shape index (κ3) is 4.03. The quantitative estimate of drug-likeness (QED) is 0.477. The van der Waals surface area contributed by atoms with Gasteiger partial charge in [-0.05, 0) is 38.4 Å². The topological polar surface area (TPSA) is 78.7 Å². The van der Waals surface area contributed by atoms with E-state index >= 15 is 0 Å². The number of nitrogens with zero attached hydrogens (tertiary/aromatic N) is 2. The van der Waals surface area contributed by atoms with Gasteiger partial charge in [0, 0.05) is 24.5 Å². The number of nitrogen functional groups attached to an aromatic ring is 1. The number of thiophene rings is 1. The number of hydrogen-bond acceptors (Lipinski definition) is 5. The zero-order chi connectivity index (χ0) is 15.4. The highest BCUT2D eigenvalue weighted by Gasteiger charge is 2.20. The van der Waals surface area contributed by atoms with E-state index in [1.807, 2.05) is 29.8 Å². The van der Waals surface area contributed by atoms with Crippen LogP contribution in [-0.4, -0.2) is 48.3 Å². The highest BCUT2D eigenvalue weighted by molar-refractivity contribution is 7.14. The van der Waals surface area contributed by atoms with Gasteiger partial charge in [-0.1, -0.05) is 0 Å². The molecular weight excluding hydrogens is 288 g/mol. The van der Waals surface area contributed by atoms with Crippen molar-refractivity contribution in [3.63, 3.8) is 0 Å². The van der Waals surface area contributed by atoms with Gasteiger partial charge in [0.15, 0.2) is 0 Å². The van der Waals surface area contributed by atoms with E-state index in [0.29, 0.717) is 18.0 Å². The van der Waals surface area contributed by atoms with Gasteiger partial charge in [-0.3, -0.25) is 19.9 Å². The van der Waals surface area contributed by atoms with Gasteiger partial charge in [0.25, 0.3) is 5.91 Å². The van der Waals surface area contributed by atoms with E-state index in [0.717, 1.165) is 36.4 Å². The molecule has 0 unspecified atom stereocenters. The zero-order valence-corrected chi connectivity index (χ0v) is 13.3. The molecule has 3 N–H and O–H groups in total. The summed E-state index contributed by atoms with van der Waals surface area (Å²) < 4.78 is 0. The second-order valence-corrected chi connectivity index (χ2v) is 6.68. The van der Waals surface area contributed by atoms with E-state index in [4.69, 9.17) is 5.84 Å². The number of aryl methyl sites for hydroxylation is 1. The van der Waals surface area contributed by atoms with Crippen molar-refractivity contribution in [2.24, 2.45) is 5.84 Å². The van der Waals surface area contributed by atoms with Crippen LogP contribution in [0.1, 0.15) is 33.0 Å². The predicted octanol–water partition coefficient (Wildman–Crippen LogP) is 0.714. The molecular formula is C14H22N4O2S. The lowest BCUT2D eigenvalue weighted by Crippen LogP contribution is -2.37. The van der Waals surface area contributed by atoms with E-state index in [9.17, 15) is 9.59 Å². The van der Waals surface area contributed by atoms with E-state index in [2.05, 4.69) is 5.43 Å². The number of hydrogen-bond donors (Lipinski definition) is 2. The molecule has 1 fully saturated rings. The summed E-state index contributed by atoms with van der Waals surface area (Å²) in [4.78, 5) is 29.2. The lowest BCUT2D eigenvalue weighted by molar-refractivity contribution is -0.131. The molecule has 0 aliphatic carbocycles. The van der Waals surface area contributed by atoms with Crippen molar-refractivity contribution >= 4 is 23.2 Å². The normalized spacial score (nSPS) is 14.8. The third-order valence-corrected chi connectivity index (χ3v) is 4.77. The lowest BCUT2D eigenvalue weighted by Gasteiger charge is -2.21. The predicted molar refractivity (Wildman–Crippen MR) is 82.9 cm³/mol. The molecule has 6 nitrogen and oxygen atoms in total. The van der Waals surface area contributed by atoms with Crippen LogP contribution in [0.25, 0.3) is 0 Å². The Hall–Kier alpha value is -1.44. The minimum absolute atomic E-state index is 0.183. The van der Waals surface area contributed by atoms with Crippen LogP contribution in [0.2, 0.25) is 0 Å². The summed E-state index contributed by atoms with van der Waals surface area (Å²) in [6, 6.07) is 1.85. The number of likely N-dealkylation sites (tertiary alicyclic amines) is 1. The summed E-state index contributed by atoms with van der Waals surface area (Å²) in [7, 11) is 1.92. The number of nitrogens with one attached hydrogen (secondary N) is 1. The van der Waals surface area contributed by atoms with Crippen molar-refractivity contribution in [2.45, 2.75) is 26.3 Å². The number of likely N-dealkylation sites (N-methyl/N-ethyl adjacent to an activating group) is 1. The summed E-state index contributed by atoms with van der Waals surface area (Å²) in [6.45, 7) is 4.80. The Kier molecular flexibility index (Phi) is 5.33. The number of nitrogens with two attached hydrogens (primary N) is 1. The molecule has 0 bridgehead atoms. The van der Waals surface area contributed by atoms with Crippen LogP contribution in [0.4, 0.5) is 0 Å². The van der Waals surface area contributed by atoms with Gasteiger partial charge < -0.3 is 4.90 Å². The summed E-state index contributed by atoms with van der Waals surface area (Å²) >= 11 is 1.42. The Labute approximate surface area is 128 Å². The molecule has 1 aromatic heterocycles. The van der Waals surface area contributed by atoms with Gasteiger partial charge >= 0.3 is 0 Å². The molecule has 1 aliphatic rings. The molecule has 0 saturated carbocycles. The average molecular weight is 310 g/mol. The summed E-state index contributed by atoms with van der Waals surface area (Å²) in [5.74, 6) is 5.06. The molecule has 0 radical (unpaired) electrons. The van der Waals surface area contributed by atoms with Crippen molar-refractivity contribution < 1.29 is 9.59 Å². The van der Waals surface area contributed by atoms with Crippen molar-refractivity contribution in [1.29, 1.82) is 0 Å². The number of hydrazine groups is 1. The minimum Gasteiger partial charge on any atom is -0.342 e. The third-order valence-electron chi connectivity index (χ3n) is 3.68. The molecule has 2 heterocycles. The first kappa shape index (κ1) is 15.9. The molecule has 2 rings (SSSR count). The maximum Gasteiger partial charge on any atom is 0.275 e. The fourth-order valence-electron chi connectivity index (χ4n) is 2.50. The Morgan fingerprint density at radius 3 is 2.71 bits per heavy atom. The number of amides is 2. The molecule has 7 heteroatoms. The number of carbonyl (C=O) groups excluding carboxylic acids is 2. The van der Waals surface area contributed by atoms with Gasteiger partial charge in [-0.2, -0.15) is 0 Å². The van der Waals surface area contributed by atoms with Crippen molar-refractivity contribution in [1.82, 2.24) is 15.2 Å². The highest BCUT2D eigenvalue weighted by atomic mass is 32.1. The first-order chi connectivity index (χ1) is 10.0. The fourth-order valence-corrected chi connectivity index (χ4v) is 3.44. The average Bonchev–Trinajstić information content (AvgIpc) is 3.08. The summed E-state index contributed by atoms with van der Waals surface area (Å²) in [5.41, 5.74) is 3.21. The van der Waals surface area contributed by atoms with Crippen molar-refractivity contribution in [3.05, 3.63) is 21.4 Å². The maximum atomic E-state index is 12.1. The SMILES string of the molecule is Cc1sc(C(=O)NN)cc1CN(C)CC(=O)N1CCCC1. The molecule has 116 valence electrons. The summed E-state index contributed by atoms with van der Waals surface area (Å²) in [6.07, 6.45) is 2.22. The summed E-state index contributed by atoms with van der Waals surface area (Å²) in [5, 5.41) is 0. The van der Waals surface area contributed by atoms with Crippen LogP contribution in [0.15, 0.2) is 6.07 Å². The van der Waals surface area contributed by atoms with Gasteiger partial charge in [0.1, 0.15) is 0 Å². The van der Waals surface area contributed by atoms with Crippen molar-refractivity contribution in [2.75, 3.05) is 26.7 Å². The molecule has 1 aliphatic heterocycles. The van der Waals surface area contributed by atoms with Crippen LogP contribution >= 0.6 is 11.3 Å². The maximum absolute atomic E-state index is 12.1. The molecule has 1 saturated heterocycles. The van der Waals surface area contributed by atoms with E-state index in [-0.39, 0.29) is 11.8 Å². The smallest absolute Gasteiger partial charge is 0.275 e. The molecule has 21 heavy (non-hydrogen) atoms. The Morgan fingerprint density at radius 1 is 1.43 bits per heavy atom. The first-order valence-electron chi connectivity index (χ1n) is 7.08. The minimum atomic E-state index is -0.273. The zero-order valence-electron chi connectivity index (χ0n) is 12.5. The monoisotopic (exact) mass is 310 g/mol. The second-order valence-electron chi connectivity index (χ2n) is 5.43. The van der Waals surface area contributed by atoms with Crippen molar-refractivity contribution in [3.8, 4) is 0 Å². The molecule has 1 aromatic rings. The second kappa shape index (κ2) is 7.02. The van der Waals surface area contributed by atoms with E-state index < -0.39 is 0 Å². The fraction of sp³-hybridized carbons (Fsp3) is 0.571. The van der Waals surface area contributed by atoms with Gasteiger partial charge in [0.05, 0.1) is 11.4 Å². The largest absolute Gasteiger partial charge is 0.342 e. The highest BCUT2D eigenvalue weighted by Crippen LogP contribution is 2.22. The van der Waals surface area contributed by atoms with Gasteiger partial charge in [-0.15, -0.1) is 11.3 Å². The Morgan fingerprint density at radius 2 is 2.10 bits per heavy atom. The first-order valence-corrected chi connectivity index (χ1v) is 7.89. The van der Waals surface area contributed by atoms with Crippen LogP contribution in [0.5, 0.6) is 0 Å².